The van der Waals surface area contributed by atoms with Crippen molar-refractivity contribution in [1.29, 1.82) is 0 Å². The lowest BCUT2D eigenvalue weighted by molar-refractivity contribution is -0.384. The Kier molecular flexibility index (Phi) is 4.72. The summed E-state index contributed by atoms with van der Waals surface area (Å²) in [7, 11) is 1.30. The number of methoxy groups -OCH3 is 1. The average Bonchev–Trinajstić information content (AvgIpc) is 2.48. The summed E-state index contributed by atoms with van der Waals surface area (Å²) < 4.78 is 4.70. The minimum atomic E-state index is -0.488. The Hall–Kier alpha value is -1.76. The van der Waals surface area contributed by atoms with Crippen LogP contribution in [0.2, 0.25) is 0 Å². The first-order valence-corrected chi connectivity index (χ1v) is 7.75. The van der Waals surface area contributed by atoms with Crippen LogP contribution in [-0.4, -0.2) is 41.6 Å². The number of nitrogens with zero attached hydrogens (tertiary/aromatic N) is 2. The molecule has 0 N–H and O–H groups in total. The minimum Gasteiger partial charge on any atom is -0.465 e. The molecule has 1 aromatic rings. The Bertz CT molecular complexity index is 564. The molecule has 2 rings (SSSR count). The molecular formula is C14H18N2O4S. The summed E-state index contributed by atoms with van der Waals surface area (Å²) in [6.07, 6.45) is 0. The quantitative estimate of drug-likeness (QED) is 0.485. The van der Waals surface area contributed by atoms with Crippen molar-refractivity contribution < 1.29 is 14.5 Å². The summed E-state index contributed by atoms with van der Waals surface area (Å²) in [6.45, 7) is 4.88. The van der Waals surface area contributed by atoms with E-state index in [9.17, 15) is 14.9 Å². The van der Waals surface area contributed by atoms with Gasteiger partial charge in [-0.3, -0.25) is 10.1 Å². The second-order valence-corrected chi connectivity index (χ2v) is 6.45. The molecule has 2 unspecified atom stereocenters. The van der Waals surface area contributed by atoms with Crippen molar-refractivity contribution in [2.45, 2.75) is 25.1 Å². The van der Waals surface area contributed by atoms with E-state index in [1.165, 1.54) is 19.2 Å². The molecule has 1 aliphatic rings. The zero-order valence-electron chi connectivity index (χ0n) is 12.2. The molecule has 1 fully saturated rings. The van der Waals surface area contributed by atoms with Gasteiger partial charge in [0.15, 0.2) is 0 Å². The van der Waals surface area contributed by atoms with Gasteiger partial charge in [0.2, 0.25) is 0 Å². The van der Waals surface area contributed by atoms with Crippen LogP contribution in [-0.2, 0) is 4.74 Å². The highest BCUT2D eigenvalue weighted by molar-refractivity contribution is 8.00. The van der Waals surface area contributed by atoms with E-state index in [4.69, 9.17) is 4.74 Å². The van der Waals surface area contributed by atoms with Crippen LogP contribution in [0.5, 0.6) is 0 Å². The molecular weight excluding hydrogens is 292 g/mol. The smallest absolute Gasteiger partial charge is 0.337 e. The van der Waals surface area contributed by atoms with Crippen LogP contribution in [0.4, 0.5) is 11.4 Å². The molecule has 114 valence electrons. The van der Waals surface area contributed by atoms with Gasteiger partial charge in [0.1, 0.15) is 5.69 Å². The number of nitro groups is 1. The number of ether oxygens (including phenoxy) is 1. The van der Waals surface area contributed by atoms with Gasteiger partial charge in [0.05, 0.1) is 17.6 Å². The second-order valence-electron chi connectivity index (χ2n) is 4.96. The molecule has 7 heteroatoms. The fraction of sp³-hybridized carbons (Fsp3) is 0.500. The normalized spacial score (nSPS) is 22.0. The first-order valence-electron chi connectivity index (χ1n) is 6.70. The maximum Gasteiger partial charge on any atom is 0.337 e. The van der Waals surface area contributed by atoms with Crippen molar-refractivity contribution in [1.82, 2.24) is 0 Å². The lowest BCUT2D eigenvalue weighted by atomic mass is 10.1. The number of benzene rings is 1. The fourth-order valence-electron chi connectivity index (χ4n) is 2.43. The van der Waals surface area contributed by atoms with Gasteiger partial charge in [-0.05, 0) is 19.1 Å². The summed E-state index contributed by atoms with van der Waals surface area (Å²) in [5.41, 5.74) is 0.840. The fourth-order valence-corrected chi connectivity index (χ4v) is 3.53. The van der Waals surface area contributed by atoms with E-state index >= 15 is 0 Å². The summed E-state index contributed by atoms with van der Waals surface area (Å²) in [6, 6.07) is 4.53. The van der Waals surface area contributed by atoms with E-state index in [0.717, 1.165) is 12.3 Å². The van der Waals surface area contributed by atoms with E-state index in [2.05, 4.69) is 6.92 Å². The molecule has 21 heavy (non-hydrogen) atoms. The van der Waals surface area contributed by atoms with Crippen molar-refractivity contribution in [3.63, 3.8) is 0 Å². The van der Waals surface area contributed by atoms with Gasteiger partial charge in [-0.25, -0.2) is 4.79 Å². The minimum absolute atomic E-state index is 0.0219. The molecule has 6 nitrogen and oxygen atoms in total. The zero-order valence-corrected chi connectivity index (χ0v) is 13.1. The number of esters is 1. The molecule has 0 amide bonds. The predicted octanol–water partition coefficient (Wildman–Crippen LogP) is 2.71. The average molecular weight is 310 g/mol. The molecule has 0 bridgehead atoms. The number of nitro benzene ring substituents is 1. The Balaban J connectivity index is 2.47. The molecule has 0 spiro atoms. The number of rotatable bonds is 3. The highest BCUT2D eigenvalue weighted by Gasteiger charge is 2.30. The van der Waals surface area contributed by atoms with E-state index in [1.807, 2.05) is 23.6 Å². The Morgan fingerprint density at radius 3 is 2.81 bits per heavy atom. The van der Waals surface area contributed by atoms with Crippen LogP contribution < -0.4 is 4.90 Å². The topological polar surface area (TPSA) is 72.7 Å². The first kappa shape index (κ1) is 15.6. The third-order valence-corrected chi connectivity index (χ3v) is 5.12. The highest BCUT2D eigenvalue weighted by atomic mass is 32.2. The van der Waals surface area contributed by atoms with Gasteiger partial charge in [0.25, 0.3) is 5.69 Å². The van der Waals surface area contributed by atoms with E-state index in [1.54, 1.807) is 6.07 Å². The van der Waals surface area contributed by atoms with Crippen LogP contribution >= 0.6 is 11.8 Å². The number of anilines is 1. The van der Waals surface area contributed by atoms with Gasteiger partial charge in [-0.1, -0.05) is 6.92 Å². The van der Waals surface area contributed by atoms with Gasteiger partial charge in [-0.2, -0.15) is 11.8 Å². The summed E-state index contributed by atoms with van der Waals surface area (Å²) >= 11 is 1.85. The molecule has 0 aliphatic carbocycles. The lowest BCUT2D eigenvalue weighted by Gasteiger charge is -2.38. The number of carbonyl (C=O) groups is 1. The van der Waals surface area contributed by atoms with Crippen molar-refractivity contribution in [3.05, 3.63) is 33.9 Å². The number of hydrogen-bond donors (Lipinski definition) is 0. The summed E-state index contributed by atoms with van der Waals surface area (Å²) in [4.78, 5) is 24.5. The van der Waals surface area contributed by atoms with Crippen molar-refractivity contribution in [3.8, 4) is 0 Å². The predicted molar refractivity (Wildman–Crippen MR) is 83.2 cm³/mol. The SMILES string of the molecule is COC(=O)c1ccc([N+](=O)[O-])c(N2CCSC(C)C2C)c1. The lowest BCUT2D eigenvalue weighted by Crippen LogP contribution is -2.45. The van der Waals surface area contributed by atoms with Gasteiger partial charge in [-0.15, -0.1) is 0 Å². The zero-order chi connectivity index (χ0) is 15.6. The number of thioether (sulfide) groups is 1. The van der Waals surface area contributed by atoms with Crippen molar-refractivity contribution >= 4 is 29.1 Å². The van der Waals surface area contributed by atoms with E-state index < -0.39 is 10.9 Å². The van der Waals surface area contributed by atoms with Crippen LogP contribution in [0.1, 0.15) is 24.2 Å². The molecule has 1 aliphatic heterocycles. The summed E-state index contributed by atoms with van der Waals surface area (Å²) in [5.74, 6) is 0.420. The highest BCUT2D eigenvalue weighted by Crippen LogP contribution is 2.35. The van der Waals surface area contributed by atoms with Crippen LogP contribution in [0.3, 0.4) is 0 Å². The maximum absolute atomic E-state index is 11.7. The van der Waals surface area contributed by atoms with Gasteiger partial charge < -0.3 is 9.64 Å². The number of hydrogen-bond acceptors (Lipinski definition) is 6. The standard InChI is InChI=1S/C14H18N2O4S/c1-9-10(2)21-7-6-15(9)13-8-11(14(17)20-3)4-5-12(13)16(18)19/h4-5,8-10H,6-7H2,1-3H3. The Labute approximate surface area is 127 Å². The monoisotopic (exact) mass is 310 g/mol. The maximum atomic E-state index is 11.7. The molecule has 1 aromatic carbocycles. The third-order valence-electron chi connectivity index (χ3n) is 3.79. The van der Waals surface area contributed by atoms with Crippen LogP contribution in [0, 0.1) is 10.1 Å². The van der Waals surface area contributed by atoms with Crippen molar-refractivity contribution in [2.24, 2.45) is 0 Å². The van der Waals surface area contributed by atoms with E-state index in [-0.39, 0.29) is 11.7 Å². The summed E-state index contributed by atoms with van der Waals surface area (Å²) in [5, 5.41) is 11.6. The van der Waals surface area contributed by atoms with Crippen LogP contribution in [0.25, 0.3) is 0 Å². The molecule has 2 atom stereocenters. The van der Waals surface area contributed by atoms with Crippen molar-refractivity contribution in [2.75, 3.05) is 24.3 Å². The molecule has 0 radical (unpaired) electrons. The Morgan fingerprint density at radius 1 is 1.48 bits per heavy atom. The van der Waals surface area contributed by atoms with Gasteiger partial charge in [0, 0.05) is 29.7 Å². The molecule has 0 saturated carbocycles. The largest absolute Gasteiger partial charge is 0.465 e. The molecule has 0 aromatic heterocycles. The van der Waals surface area contributed by atoms with Crippen LogP contribution in [0.15, 0.2) is 18.2 Å². The second kappa shape index (κ2) is 6.34. The third kappa shape index (κ3) is 3.12. The first-order chi connectivity index (χ1) is 9.95. The Morgan fingerprint density at radius 2 is 2.19 bits per heavy atom. The van der Waals surface area contributed by atoms with E-state index in [0.29, 0.717) is 16.5 Å². The van der Waals surface area contributed by atoms with Gasteiger partial charge >= 0.3 is 5.97 Å². The molecule has 1 saturated heterocycles. The molecule has 1 heterocycles. The number of carbonyl (C=O) groups excluding carboxylic acids is 1.